The summed E-state index contributed by atoms with van der Waals surface area (Å²) < 4.78 is 0. The Kier molecular flexibility index (Phi) is 4.59. The number of para-hydroxylation sites is 1. The van der Waals surface area contributed by atoms with Crippen molar-refractivity contribution < 1.29 is 10.2 Å². The quantitative estimate of drug-likeness (QED) is 0.767. The van der Waals surface area contributed by atoms with Crippen LogP contribution in [-0.4, -0.2) is 35.5 Å². The van der Waals surface area contributed by atoms with Crippen molar-refractivity contribution >= 4 is 5.69 Å². The van der Waals surface area contributed by atoms with Gasteiger partial charge in [0, 0.05) is 18.8 Å². The summed E-state index contributed by atoms with van der Waals surface area (Å²) in [6.45, 7) is 4.57. The zero-order valence-electron chi connectivity index (χ0n) is 9.30. The van der Waals surface area contributed by atoms with Crippen LogP contribution in [0, 0.1) is 0 Å². The Bertz CT molecular complexity index is 262. The molecular formula is C12H19NO2. The van der Waals surface area contributed by atoms with E-state index in [9.17, 15) is 10.2 Å². The van der Waals surface area contributed by atoms with Crippen LogP contribution in [0.1, 0.15) is 13.8 Å². The minimum Gasteiger partial charge on any atom is -0.392 e. The molecule has 0 aliphatic heterocycles. The van der Waals surface area contributed by atoms with Crippen molar-refractivity contribution in [3.05, 3.63) is 30.3 Å². The third-order valence-electron chi connectivity index (χ3n) is 2.09. The standard InChI is InChI=1S/C12H19NO2/c1-10(14)8-13(9-11(2)15)12-6-4-3-5-7-12/h3-7,10-11,14-15H,8-9H2,1-2H3. The molecule has 0 radical (unpaired) electrons. The number of aliphatic hydroxyl groups is 2. The summed E-state index contributed by atoms with van der Waals surface area (Å²) in [7, 11) is 0. The summed E-state index contributed by atoms with van der Waals surface area (Å²) in [6, 6.07) is 9.81. The van der Waals surface area contributed by atoms with Gasteiger partial charge in [0.2, 0.25) is 0 Å². The Morgan fingerprint density at radius 3 is 1.87 bits per heavy atom. The van der Waals surface area contributed by atoms with Crippen molar-refractivity contribution in [1.29, 1.82) is 0 Å². The largest absolute Gasteiger partial charge is 0.392 e. The highest BCUT2D eigenvalue weighted by Gasteiger charge is 2.11. The predicted octanol–water partition coefficient (Wildman–Crippen LogP) is 1.25. The highest BCUT2D eigenvalue weighted by atomic mass is 16.3. The number of aliphatic hydroxyl groups excluding tert-OH is 2. The molecule has 15 heavy (non-hydrogen) atoms. The van der Waals surface area contributed by atoms with Crippen LogP contribution in [-0.2, 0) is 0 Å². The average Bonchev–Trinajstić information content (AvgIpc) is 2.17. The molecule has 0 bridgehead atoms. The van der Waals surface area contributed by atoms with Gasteiger partial charge in [-0.15, -0.1) is 0 Å². The Labute approximate surface area is 91.0 Å². The van der Waals surface area contributed by atoms with E-state index >= 15 is 0 Å². The minimum absolute atomic E-state index is 0.399. The molecule has 2 atom stereocenters. The maximum Gasteiger partial charge on any atom is 0.0687 e. The number of benzene rings is 1. The third-order valence-corrected chi connectivity index (χ3v) is 2.09. The SMILES string of the molecule is CC(O)CN(CC(C)O)c1ccccc1. The van der Waals surface area contributed by atoms with Gasteiger partial charge in [-0.25, -0.2) is 0 Å². The summed E-state index contributed by atoms with van der Waals surface area (Å²) in [5, 5.41) is 18.7. The van der Waals surface area contributed by atoms with Gasteiger partial charge in [0.25, 0.3) is 0 Å². The smallest absolute Gasteiger partial charge is 0.0687 e. The maximum absolute atomic E-state index is 9.37. The molecule has 1 aromatic rings. The monoisotopic (exact) mass is 209 g/mol. The summed E-state index contributed by atoms with van der Waals surface area (Å²) in [4.78, 5) is 1.98. The fourth-order valence-corrected chi connectivity index (χ4v) is 1.56. The van der Waals surface area contributed by atoms with Gasteiger partial charge >= 0.3 is 0 Å². The van der Waals surface area contributed by atoms with Gasteiger partial charge in [-0.3, -0.25) is 0 Å². The summed E-state index contributed by atoms with van der Waals surface area (Å²) in [6.07, 6.45) is -0.798. The van der Waals surface area contributed by atoms with Crippen LogP contribution in [0.3, 0.4) is 0 Å². The number of anilines is 1. The third kappa shape index (κ3) is 4.32. The van der Waals surface area contributed by atoms with Crippen molar-refractivity contribution in [2.24, 2.45) is 0 Å². The van der Waals surface area contributed by atoms with Gasteiger partial charge in [0.15, 0.2) is 0 Å². The van der Waals surface area contributed by atoms with E-state index in [4.69, 9.17) is 0 Å². The van der Waals surface area contributed by atoms with Gasteiger partial charge in [0.1, 0.15) is 0 Å². The van der Waals surface area contributed by atoms with E-state index in [1.807, 2.05) is 35.2 Å². The van der Waals surface area contributed by atoms with E-state index in [0.717, 1.165) is 5.69 Å². The Morgan fingerprint density at radius 1 is 1.00 bits per heavy atom. The highest BCUT2D eigenvalue weighted by Crippen LogP contribution is 2.13. The molecule has 1 rings (SSSR count). The molecule has 0 saturated heterocycles. The first kappa shape index (κ1) is 12.0. The van der Waals surface area contributed by atoms with Crippen LogP contribution < -0.4 is 4.90 Å². The second-order valence-electron chi connectivity index (χ2n) is 3.94. The van der Waals surface area contributed by atoms with Crippen molar-refractivity contribution in [2.45, 2.75) is 26.1 Å². The molecule has 2 N–H and O–H groups in total. The Morgan fingerprint density at radius 2 is 1.47 bits per heavy atom. The lowest BCUT2D eigenvalue weighted by atomic mass is 10.2. The van der Waals surface area contributed by atoms with Crippen molar-refractivity contribution in [2.75, 3.05) is 18.0 Å². The van der Waals surface area contributed by atoms with E-state index in [1.165, 1.54) is 0 Å². The van der Waals surface area contributed by atoms with Crippen molar-refractivity contribution in [1.82, 2.24) is 0 Å². The lowest BCUT2D eigenvalue weighted by molar-refractivity contribution is 0.178. The van der Waals surface area contributed by atoms with Crippen molar-refractivity contribution in [3.8, 4) is 0 Å². The summed E-state index contributed by atoms with van der Waals surface area (Å²) in [5.74, 6) is 0. The van der Waals surface area contributed by atoms with E-state index in [2.05, 4.69) is 0 Å². The first-order valence-corrected chi connectivity index (χ1v) is 5.25. The molecule has 0 amide bonds. The van der Waals surface area contributed by atoms with Crippen LogP contribution in [0.4, 0.5) is 5.69 Å². The Hall–Kier alpha value is -1.06. The van der Waals surface area contributed by atoms with Crippen LogP contribution in [0.25, 0.3) is 0 Å². The molecule has 0 aliphatic rings. The van der Waals surface area contributed by atoms with Crippen LogP contribution >= 0.6 is 0 Å². The van der Waals surface area contributed by atoms with Gasteiger partial charge in [0.05, 0.1) is 12.2 Å². The second-order valence-corrected chi connectivity index (χ2v) is 3.94. The molecule has 0 saturated carbocycles. The molecule has 0 spiro atoms. The predicted molar refractivity (Wildman–Crippen MR) is 62.0 cm³/mol. The summed E-state index contributed by atoms with van der Waals surface area (Å²) >= 11 is 0. The van der Waals surface area contributed by atoms with E-state index in [1.54, 1.807) is 13.8 Å². The number of rotatable bonds is 5. The minimum atomic E-state index is -0.399. The molecule has 0 fully saturated rings. The van der Waals surface area contributed by atoms with E-state index < -0.39 is 12.2 Å². The van der Waals surface area contributed by atoms with Crippen LogP contribution in [0.5, 0.6) is 0 Å². The molecule has 1 aromatic carbocycles. The molecule has 3 heteroatoms. The molecule has 84 valence electrons. The highest BCUT2D eigenvalue weighted by molar-refractivity contribution is 5.46. The zero-order valence-corrected chi connectivity index (χ0v) is 9.30. The first-order valence-electron chi connectivity index (χ1n) is 5.25. The lowest BCUT2D eigenvalue weighted by Crippen LogP contribution is -2.36. The fraction of sp³-hybridized carbons (Fsp3) is 0.500. The zero-order chi connectivity index (χ0) is 11.3. The molecular weight excluding hydrogens is 190 g/mol. The van der Waals surface area contributed by atoms with Crippen molar-refractivity contribution in [3.63, 3.8) is 0 Å². The second kappa shape index (κ2) is 5.73. The van der Waals surface area contributed by atoms with Crippen LogP contribution in [0.2, 0.25) is 0 Å². The number of nitrogens with zero attached hydrogens (tertiary/aromatic N) is 1. The molecule has 2 unspecified atom stereocenters. The molecule has 0 aromatic heterocycles. The fourth-order valence-electron chi connectivity index (χ4n) is 1.56. The van der Waals surface area contributed by atoms with Gasteiger partial charge in [-0.2, -0.15) is 0 Å². The molecule has 0 aliphatic carbocycles. The Balaban J connectivity index is 2.72. The molecule has 3 nitrogen and oxygen atoms in total. The first-order chi connectivity index (χ1) is 7.09. The molecule has 0 heterocycles. The van der Waals surface area contributed by atoms with Gasteiger partial charge in [-0.1, -0.05) is 18.2 Å². The average molecular weight is 209 g/mol. The van der Waals surface area contributed by atoms with Gasteiger partial charge in [-0.05, 0) is 26.0 Å². The van der Waals surface area contributed by atoms with Crippen LogP contribution in [0.15, 0.2) is 30.3 Å². The number of hydrogen-bond donors (Lipinski definition) is 2. The maximum atomic E-state index is 9.37. The van der Waals surface area contributed by atoms with E-state index in [-0.39, 0.29) is 0 Å². The topological polar surface area (TPSA) is 43.7 Å². The summed E-state index contributed by atoms with van der Waals surface area (Å²) in [5.41, 5.74) is 1.03. The lowest BCUT2D eigenvalue weighted by Gasteiger charge is -2.27. The van der Waals surface area contributed by atoms with Gasteiger partial charge < -0.3 is 15.1 Å². The normalized spacial score (nSPS) is 14.7. The van der Waals surface area contributed by atoms with E-state index in [0.29, 0.717) is 13.1 Å². The number of hydrogen-bond acceptors (Lipinski definition) is 3.